The summed E-state index contributed by atoms with van der Waals surface area (Å²) in [6.07, 6.45) is 6.54. The normalized spacial score (nSPS) is 24.8. The fourth-order valence-electron chi connectivity index (χ4n) is 4.90. The summed E-state index contributed by atoms with van der Waals surface area (Å²) < 4.78 is 17.5. The average molecular weight is 433 g/mol. The van der Waals surface area contributed by atoms with Crippen molar-refractivity contribution in [2.24, 2.45) is 0 Å². The lowest BCUT2D eigenvalue weighted by molar-refractivity contribution is 0.00497. The van der Waals surface area contributed by atoms with Crippen molar-refractivity contribution in [3.63, 3.8) is 0 Å². The van der Waals surface area contributed by atoms with E-state index in [0.717, 1.165) is 24.0 Å². The van der Waals surface area contributed by atoms with Gasteiger partial charge in [-0.2, -0.15) is 0 Å². The molecule has 164 valence electrons. The minimum absolute atomic E-state index is 0.0453. The van der Waals surface area contributed by atoms with Crippen molar-refractivity contribution in [1.29, 1.82) is 0 Å². The quantitative estimate of drug-likeness (QED) is 0.689. The van der Waals surface area contributed by atoms with Crippen LogP contribution in [0.2, 0.25) is 0 Å². The number of fused-ring (bicyclic) bond motifs is 5. The molecular weight excluding hydrogens is 410 g/mol. The van der Waals surface area contributed by atoms with Crippen LogP contribution in [0.3, 0.4) is 0 Å². The molecule has 0 saturated carbocycles. The van der Waals surface area contributed by atoms with Crippen LogP contribution in [-0.2, 0) is 13.0 Å². The fourth-order valence-corrected chi connectivity index (χ4v) is 4.90. The number of aliphatic hydroxyl groups excluding tert-OH is 2. The van der Waals surface area contributed by atoms with Gasteiger partial charge in [0, 0.05) is 0 Å². The Hall–Kier alpha value is -3.29. The summed E-state index contributed by atoms with van der Waals surface area (Å²) in [5.74, 6) is 0.868. The first-order valence-corrected chi connectivity index (χ1v) is 10.9. The highest BCUT2D eigenvalue weighted by atomic mass is 16.7. The predicted molar refractivity (Wildman–Crippen MR) is 117 cm³/mol. The smallest absolute Gasteiger partial charge is 0.256 e. The highest BCUT2D eigenvalue weighted by molar-refractivity contribution is 6.07. The van der Waals surface area contributed by atoms with Crippen LogP contribution in [0.4, 0.5) is 0 Å². The van der Waals surface area contributed by atoms with Crippen LogP contribution in [0.15, 0.2) is 36.4 Å². The minimum atomic E-state index is -1.08. The predicted octanol–water partition coefficient (Wildman–Crippen LogP) is 2.57. The van der Waals surface area contributed by atoms with Crippen molar-refractivity contribution in [3.05, 3.63) is 64.2 Å². The number of allylic oxidation sites excluding steroid dienone is 1. The lowest BCUT2D eigenvalue weighted by atomic mass is 9.80. The first-order valence-electron chi connectivity index (χ1n) is 10.9. The van der Waals surface area contributed by atoms with Gasteiger partial charge >= 0.3 is 0 Å². The molecule has 7 nitrogen and oxygen atoms in total. The van der Waals surface area contributed by atoms with E-state index >= 15 is 0 Å². The molecule has 0 unspecified atom stereocenters. The van der Waals surface area contributed by atoms with E-state index in [9.17, 15) is 15.0 Å². The number of aryl methyl sites for hydroxylation is 1. The van der Waals surface area contributed by atoms with E-state index in [2.05, 4.69) is 29.6 Å². The van der Waals surface area contributed by atoms with Crippen molar-refractivity contribution < 1.29 is 29.2 Å². The standard InChI is InChI=1S/C25H23NO6/c27-18-8-7-16-17-10-19-23(32-12-31-19)24(20(17)25(29)26-21(16)22(18)28)30-11-13-5-6-14-3-1-2-4-15(14)9-13/h2,4-7,9-10,18,21-22,27-28H,1,3,8,11-12H2,(H,26,29)/t18-,21-,22-/m1/s1. The number of carbonyl (C=O) groups is 1. The fraction of sp³-hybridized carbons (Fsp3) is 0.320. The molecule has 0 saturated heterocycles. The lowest BCUT2D eigenvalue weighted by Crippen LogP contribution is -2.53. The molecule has 2 aromatic carbocycles. The third kappa shape index (κ3) is 3.00. The molecule has 7 heteroatoms. The maximum absolute atomic E-state index is 13.1. The molecule has 2 aliphatic carbocycles. The molecule has 2 aliphatic heterocycles. The molecule has 6 rings (SSSR count). The Morgan fingerprint density at radius 1 is 1.19 bits per heavy atom. The Morgan fingerprint density at radius 3 is 3.00 bits per heavy atom. The monoisotopic (exact) mass is 433 g/mol. The third-order valence-electron chi connectivity index (χ3n) is 6.57. The van der Waals surface area contributed by atoms with Gasteiger partial charge in [-0.25, -0.2) is 0 Å². The largest absolute Gasteiger partial charge is 0.484 e. The zero-order chi connectivity index (χ0) is 21.8. The number of ether oxygens (including phenoxy) is 3. The molecule has 2 heterocycles. The summed E-state index contributed by atoms with van der Waals surface area (Å²) >= 11 is 0. The molecule has 3 N–H and O–H groups in total. The summed E-state index contributed by atoms with van der Waals surface area (Å²) in [5.41, 5.74) is 5.25. The molecule has 0 fully saturated rings. The topological polar surface area (TPSA) is 97.3 Å². The zero-order valence-electron chi connectivity index (χ0n) is 17.3. The molecule has 3 atom stereocenters. The number of amides is 1. The lowest BCUT2D eigenvalue weighted by Gasteiger charge is -2.37. The third-order valence-corrected chi connectivity index (χ3v) is 6.57. The highest BCUT2D eigenvalue weighted by Gasteiger charge is 2.42. The van der Waals surface area contributed by atoms with Gasteiger partial charge in [0.05, 0.1) is 17.7 Å². The Labute approximate surface area is 184 Å². The van der Waals surface area contributed by atoms with E-state index in [1.54, 1.807) is 6.07 Å². The second-order valence-corrected chi connectivity index (χ2v) is 8.53. The molecular formula is C25H23NO6. The van der Waals surface area contributed by atoms with Gasteiger partial charge in [0.2, 0.25) is 12.5 Å². The Balaban J connectivity index is 1.39. The van der Waals surface area contributed by atoms with Gasteiger partial charge in [0.1, 0.15) is 12.7 Å². The van der Waals surface area contributed by atoms with E-state index in [0.29, 0.717) is 34.8 Å². The summed E-state index contributed by atoms with van der Waals surface area (Å²) in [7, 11) is 0. The Bertz CT molecular complexity index is 1180. The van der Waals surface area contributed by atoms with Crippen LogP contribution in [-0.4, -0.2) is 41.2 Å². The van der Waals surface area contributed by atoms with E-state index in [-0.39, 0.29) is 19.3 Å². The molecule has 0 spiro atoms. The molecule has 4 aliphatic rings. The maximum Gasteiger partial charge on any atom is 0.256 e. The summed E-state index contributed by atoms with van der Waals surface area (Å²) in [5, 5.41) is 23.3. The SMILES string of the molecule is O=C1N[C@@H]2C(=CC[C@@H](O)[C@H]2O)c2cc3c(c(OCc4ccc5c(c4)C=CCC5)c21)OCO3. The second-order valence-electron chi connectivity index (χ2n) is 8.53. The molecule has 0 radical (unpaired) electrons. The van der Waals surface area contributed by atoms with E-state index in [1.165, 1.54) is 11.1 Å². The van der Waals surface area contributed by atoms with Crippen molar-refractivity contribution in [2.45, 2.75) is 44.1 Å². The zero-order valence-corrected chi connectivity index (χ0v) is 17.3. The van der Waals surface area contributed by atoms with Crippen molar-refractivity contribution in [1.82, 2.24) is 5.32 Å². The van der Waals surface area contributed by atoms with Crippen molar-refractivity contribution in [2.75, 3.05) is 6.79 Å². The number of benzene rings is 2. The number of rotatable bonds is 3. The number of carbonyl (C=O) groups excluding carboxylic acids is 1. The molecule has 1 amide bonds. The first kappa shape index (κ1) is 19.4. The average Bonchev–Trinajstić information content (AvgIpc) is 3.28. The summed E-state index contributed by atoms with van der Waals surface area (Å²) in [4.78, 5) is 13.1. The van der Waals surface area contributed by atoms with E-state index in [1.807, 2.05) is 12.1 Å². The second kappa shape index (κ2) is 7.39. The van der Waals surface area contributed by atoms with Crippen LogP contribution < -0.4 is 19.5 Å². The number of aliphatic hydroxyl groups is 2. The molecule has 0 aromatic heterocycles. The Morgan fingerprint density at radius 2 is 2.09 bits per heavy atom. The van der Waals surface area contributed by atoms with Crippen LogP contribution in [0, 0.1) is 0 Å². The van der Waals surface area contributed by atoms with Crippen molar-refractivity contribution in [3.8, 4) is 17.2 Å². The molecule has 32 heavy (non-hydrogen) atoms. The van der Waals surface area contributed by atoms with Gasteiger partial charge in [0.15, 0.2) is 11.5 Å². The Kier molecular flexibility index (Phi) is 4.48. The van der Waals surface area contributed by atoms with E-state index in [4.69, 9.17) is 14.2 Å². The van der Waals surface area contributed by atoms with Crippen LogP contribution >= 0.6 is 0 Å². The van der Waals surface area contributed by atoms with Crippen LogP contribution in [0.1, 0.15) is 45.5 Å². The van der Waals surface area contributed by atoms with Gasteiger partial charge in [0.25, 0.3) is 5.91 Å². The van der Waals surface area contributed by atoms with Crippen LogP contribution in [0.5, 0.6) is 17.2 Å². The summed E-state index contributed by atoms with van der Waals surface area (Å²) in [6.45, 7) is 0.314. The van der Waals surface area contributed by atoms with Crippen LogP contribution in [0.25, 0.3) is 11.6 Å². The minimum Gasteiger partial charge on any atom is -0.484 e. The molecule has 0 bridgehead atoms. The van der Waals surface area contributed by atoms with Gasteiger partial charge in [-0.05, 0) is 59.2 Å². The highest BCUT2D eigenvalue weighted by Crippen LogP contribution is 2.49. The van der Waals surface area contributed by atoms with Gasteiger partial charge in [-0.15, -0.1) is 0 Å². The summed E-state index contributed by atoms with van der Waals surface area (Å²) in [6, 6.07) is 7.35. The number of nitrogens with one attached hydrogen (secondary N) is 1. The first-order chi connectivity index (χ1) is 15.6. The van der Waals surface area contributed by atoms with E-state index < -0.39 is 18.2 Å². The van der Waals surface area contributed by atoms with Gasteiger partial charge in [-0.3, -0.25) is 4.79 Å². The maximum atomic E-state index is 13.1. The van der Waals surface area contributed by atoms with Gasteiger partial charge < -0.3 is 29.7 Å². The van der Waals surface area contributed by atoms with Crippen molar-refractivity contribution >= 4 is 17.6 Å². The van der Waals surface area contributed by atoms with Gasteiger partial charge in [-0.1, -0.05) is 30.4 Å². The number of hydrogen-bond acceptors (Lipinski definition) is 6. The molecule has 2 aromatic rings. The number of hydrogen-bond donors (Lipinski definition) is 3.